The van der Waals surface area contributed by atoms with Crippen LogP contribution in [-0.4, -0.2) is 29.9 Å². The van der Waals surface area contributed by atoms with E-state index in [1.165, 1.54) is 0 Å². The van der Waals surface area contributed by atoms with Gasteiger partial charge in [0, 0.05) is 5.56 Å². The van der Waals surface area contributed by atoms with E-state index >= 15 is 0 Å². The van der Waals surface area contributed by atoms with Gasteiger partial charge in [0.05, 0.1) is 12.5 Å². The molecular formula is C22H25N3O5. The van der Waals surface area contributed by atoms with Gasteiger partial charge >= 0.3 is 12.0 Å². The number of esters is 1. The molecule has 8 heteroatoms. The van der Waals surface area contributed by atoms with Crippen molar-refractivity contribution in [1.82, 2.24) is 10.6 Å². The van der Waals surface area contributed by atoms with Crippen molar-refractivity contribution >= 4 is 23.8 Å². The minimum atomic E-state index is -1.19. The molecule has 0 bridgehead atoms. The number of benzene rings is 2. The largest absolute Gasteiger partial charge is 0.452 e. The van der Waals surface area contributed by atoms with Gasteiger partial charge in [0.1, 0.15) is 0 Å². The van der Waals surface area contributed by atoms with Crippen LogP contribution in [0.1, 0.15) is 42.2 Å². The maximum atomic E-state index is 12.6. The first kappa shape index (κ1) is 22.6. The summed E-state index contributed by atoms with van der Waals surface area (Å²) < 4.78 is 5.30. The van der Waals surface area contributed by atoms with E-state index in [0.29, 0.717) is 11.1 Å². The predicted octanol–water partition coefficient (Wildman–Crippen LogP) is 2.31. The van der Waals surface area contributed by atoms with Gasteiger partial charge in [-0.25, -0.2) is 4.79 Å². The zero-order valence-electron chi connectivity index (χ0n) is 16.8. The molecule has 0 aromatic heterocycles. The summed E-state index contributed by atoms with van der Waals surface area (Å²) in [7, 11) is 0. The van der Waals surface area contributed by atoms with Crippen molar-refractivity contribution in [3.8, 4) is 0 Å². The van der Waals surface area contributed by atoms with Gasteiger partial charge in [-0.05, 0) is 23.6 Å². The Labute approximate surface area is 174 Å². The predicted molar refractivity (Wildman–Crippen MR) is 110 cm³/mol. The highest BCUT2D eigenvalue weighted by molar-refractivity contribution is 5.97. The van der Waals surface area contributed by atoms with Crippen molar-refractivity contribution < 1.29 is 23.9 Å². The number of rotatable bonds is 8. The summed E-state index contributed by atoms with van der Waals surface area (Å²) in [4.78, 5) is 48.2. The molecule has 0 saturated heterocycles. The summed E-state index contributed by atoms with van der Waals surface area (Å²) in [5.74, 6) is -2.22. The van der Waals surface area contributed by atoms with Gasteiger partial charge in [0.25, 0.3) is 11.8 Å². The lowest BCUT2D eigenvalue weighted by Gasteiger charge is -2.23. The van der Waals surface area contributed by atoms with Gasteiger partial charge in [0.15, 0.2) is 6.10 Å². The number of hydrogen-bond donors (Lipinski definition) is 3. The third-order valence-electron chi connectivity index (χ3n) is 4.28. The Kier molecular flexibility index (Phi) is 8.10. The molecule has 2 aromatic carbocycles. The number of amides is 4. The van der Waals surface area contributed by atoms with Crippen molar-refractivity contribution in [2.24, 2.45) is 11.7 Å². The zero-order valence-corrected chi connectivity index (χ0v) is 16.8. The van der Waals surface area contributed by atoms with Crippen molar-refractivity contribution in [3.63, 3.8) is 0 Å². The summed E-state index contributed by atoms with van der Waals surface area (Å²) in [6, 6.07) is 15.9. The molecule has 0 radical (unpaired) electrons. The van der Waals surface area contributed by atoms with E-state index in [0.717, 1.165) is 0 Å². The van der Waals surface area contributed by atoms with E-state index < -0.39 is 30.1 Å². The number of nitrogens with one attached hydrogen (secondary N) is 2. The Morgan fingerprint density at radius 1 is 0.933 bits per heavy atom. The lowest BCUT2D eigenvalue weighted by molar-refractivity contribution is -0.158. The summed E-state index contributed by atoms with van der Waals surface area (Å²) >= 11 is 0. The quantitative estimate of drug-likeness (QED) is 0.574. The van der Waals surface area contributed by atoms with Gasteiger partial charge in [0.2, 0.25) is 0 Å². The van der Waals surface area contributed by atoms with Crippen LogP contribution < -0.4 is 16.4 Å². The van der Waals surface area contributed by atoms with Crippen LogP contribution in [0.25, 0.3) is 0 Å². The number of imide groups is 1. The second kappa shape index (κ2) is 10.8. The molecule has 30 heavy (non-hydrogen) atoms. The minimum absolute atomic E-state index is 0.199. The SMILES string of the molecule is CC(C)[C@@H](OC(=O)C[C@H](NC(=O)c1ccccc1)c1ccccc1)C(=O)NC(N)=O. The molecule has 8 nitrogen and oxygen atoms in total. The third-order valence-corrected chi connectivity index (χ3v) is 4.28. The normalized spacial score (nSPS) is 12.5. The summed E-state index contributed by atoms with van der Waals surface area (Å²) in [5.41, 5.74) is 6.13. The average molecular weight is 411 g/mol. The first-order valence-corrected chi connectivity index (χ1v) is 9.48. The van der Waals surface area contributed by atoms with Crippen LogP contribution in [0, 0.1) is 5.92 Å². The lowest BCUT2D eigenvalue weighted by Crippen LogP contribution is -2.46. The second-order valence-corrected chi connectivity index (χ2v) is 7.01. The molecule has 0 unspecified atom stereocenters. The fourth-order valence-corrected chi connectivity index (χ4v) is 2.81. The van der Waals surface area contributed by atoms with E-state index in [2.05, 4.69) is 5.32 Å². The molecule has 4 amide bonds. The van der Waals surface area contributed by atoms with Crippen molar-refractivity contribution in [2.45, 2.75) is 32.4 Å². The molecule has 0 fully saturated rings. The third kappa shape index (κ3) is 6.73. The number of nitrogens with two attached hydrogens (primary N) is 1. The highest BCUT2D eigenvalue weighted by Gasteiger charge is 2.29. The molecule has 0 heterocycles. The molecule has 0 aliphatic rings. The first-order valence-electron chi connectivity index (χ1n) is 9.48. The first-order chi connectivity index (χ1) is 14.3. The van der Waals surface area contributed by atoms with Gasteiger partial charge < -0.3 is 15.8 Å². The molecule has 158 valence electrons. The van der Waals surface area contributed by atoms with Crippen molar-refractivity contribution in [3.05, 3.63) is 71.8 Å². The van der Waals surface area contributed by atoms with Crippen LogP contribution >= 0.6 is 0 Å². The Hall–Kier alpha value is -3.68. The Balaban J connectivity index is 2.14. The maximum Gasteiger partial charge on any atom is 0.318 e. The monoisotopic (exact) mass is 411 g/mol. The minimum Gasteiger partial charge on any atom is -0.452 e. The van der Waals surface area contributed by atoms with Gasteiger partial charge in [-0.15, -0.1) is 0 Å². The summed E-state index contributed by atoms with van der Waals surface area (Å²) in [6.07, 6.45) is -1.39. The van der Waals surface area contributed by atoms with Crippen molar-refractivity contribution in [2.75, 3.05) is 0 Å². The number of urea groups is 1. The van der Waals surface area contributed by atoms with E-state index in [4.69, 9.17) is 10.5 Å². The molecule has 4 N–H and O–H groups in total. The smallest absolute Gasteiger partial charge is 0.318 e. The zero-order chi connectivity index (χ0) is 22.1. The van der Waals surface area contributed by atoms with Crippen LogP contribution in [0.4, 0.5) is 4.79 Å². The van der Waals surface area contributed by atoms with Crippen molar-refractivity contribution in [1.29, 1.82) is 0 Å². The highest BCUT2D eigenvalue weighted by atomic mass is 16.5. The molecule has 0 spiro atoms. The Bertz CT molecular complexity index is 884. The lowest BCUT2D eigenvalue weighted by atomic mass is 10.0. The molecular weight excluding hydrogens is 386 g/mol. The average Bonchev–Trinajstić information content (AvgIpc) is 2.72. The van der Waals surface area contributed by atoms with Gasteiger partial charge in [-0.3, -0.25) is 19.7 Å². The molecule has 0 saturated carbocycles. The van der Waals surface area contributed by atoms with Crippen LogP contribution in [0.5, 0.6) is 0 Å². The Morgan fingerprint density at radius 2 is 1.50 bits per heavy atom. The number of primary amides is 1. The summed E-state index contributed by atoms with van der Waals surface area (Å²) in [6.45, 7) is 3.34. The molecule has 0 aliphatic carbocycles. The molecule has 0 aliphatic heterocycles. The standard InChI is InChI=1S/C22H25N3O5/c1-14(2)19(21(28)25-22(23)29)30-18(26)13-17(15-9-5-3-6-10-15)24-20(27)16-11-7-4-8-12-16/h3-12,14,17,19H,13H2,1-2H3,(H,24,27)(H3,23,25,28,29)/t17-,19+/m0/s1. The van der Waals surface area contributed by atoms with Crippen LogP contribution in [0.3, 0.4) is 0 Å². The Morgan fingerprint density at radius 3 is 2.03 bits per heavy atom. The second-order valence-electron chi connectivity index (χ2n) is 7.01. The fraction of sp³-hybridized carbons (Fsp3) is 0.273. The van der Waals surface area contributed by atoms with E-state index in [1.807, 2.05) is 11.4 Å². The summed E-state index contributed by atoms with van der Waals surface area (Å²) in [5, 5.41) is 4.75. The molecule has 2 aromatic rings. The van der Waals surface area contributed by atoms with Gasteiger partial charge in [-0.2, -0.15) is 0 Å². The number of carbonyl (C=O) groups excluding carboxylic acids is 4. The van der Waals surface area contributed by atoms with Crippen LogP contribution in [0.15, 0.2) is 60.7 Å². The van der Waals surface area contributed by atoms with E-state index in [-0.39, 0.29) is 18.2 Å². The molecule has 2 rings (SSSR count). The number of ether oxygens (including phenoxy) is 1. The van der Waals surface area contributed by atoms with Gasteiger partial charge in [-0.1, -0.05) is 62.4 Å². The fourth-order valence-electron chi connectivity index (χ4n) is 2.81. The molecule has 2 atom stereocenters. The van der Waals surface area contributed by atoms with E-state index in [9.17, 15) is 19.2 Å². The van der Waals surface area contributed by atoms with Crippen LogP contribution in [0.2, 0.25) is 0 Å². The maximum absolute atomic E-state index is 12.6. The number of hydrogen-bond acceptors (Lipinski definition) is 5. The number of carbonyl (C=O) groups is 4. The van der Waals surface area contributed by atoms with Crippen LogP contribution in [-0.2, 0) is 14.3 Å². The highest BCUT2D eigenvalue weighted by Crippen LogP contribution is 2.19. The topological polar surface area (TPSA) is 128 Å². The van der Waals surface area contributed by atoms with E-state index in [1.54, 1.807) is 68.4 Å².